The van der Waals surface area contributed by atoms with E-state index in [1.54, 1.807) is 7.11 Å². The molecular weight excluding hydrogens is 220 g/mol. The standard InChI is InChI=1S/C17H12O/c1-3-12-4-8-16-13(10-12)5-6-14-11-15(18-2)7-9-17(14)16/h1,4-11H,2H3. The number of hydrogen-bond acceptors (Lipinski definition) is 1. The Bertz CT molecular complexity index is 779. The monoisotopic (exact) mass is 232 g/mol. The van der Waals surface area contributed by atoms with E-state index in [9.17, 15) is 0 Å². The average molecular weight is 232 g/mol. The molecule has 0 atom stereocenters. The molecule has 0 aliphatic carbocycles. The van der Waals surface area contributed by atoms with Crippen molar-refractivity contribution in [2.24, 2.45) is 0 Å². The molecule has 0 spiro atoms. The molecule has 0 aromatic heterocycles. The molecule has 3 aromatic rings. The highest BCUT2D eigenvalue weighted by Gasteiger charge is 2.02. The summed E-state index contributed by atoms with van der Waals surface area (Å²) >= 11 is 0. The lowest BCUT2D eigenvalue weighted by atomic mass is 10.0. The van der Waals surface area contributed by atoms with Gasteiger partial charge in [0.15, 0.2) is 0 Å². The summed E-state index contributed by atoms with van der Waals surface area (Å²) in [5.74, 6) is 3.54. The van der Waals surface area contributed by atoms with Crippen molar-refractivity contribution >= 4 is 21.5 Å². The molecule has 0 aliphatic heterocycles. The lowest BCUT2D eigenvalue weighted by Gasteiger charge is -2.06. The van der Waals surface area contributed by atoms with Crippen molar-refractivity contribution in [1.82, 2.24) is 0 Å². The van der Waals surface area contributed by atoms with Crippen molar-refractivity contribution in [3.63, 3.8) is 0 Å². The van der Waals surface area contributed by atoms with E-state index in [0.29, 0.717) is 0 Å². The smallest absolute Gasteiger partial charge is 0.119 e. The van der Waals surface area contributed by atoms with Crippen molar-refractivity contribution < 1.29 is 4.74 Å². The first kappa shape index (κ1) is 10.7. The highest BCUT2D eigenvalue weighted by Crippen LogP contribution is 2.28. The Morgan fingerprint density at radius 1 is 0.889 bits per heavy atom. The van der Waals surface area contributed by atoms with Crippen LogP contribution < -0.4 is 4.74 Å². The molecule has 0 heterocycles. The first-order valence-electron chi connectivity index (χ1n) is 5.79. The minimum absolute atomic E-state index is 0.877. The number of terminal acetylenes is 1. The van der Waals surface area contributed by atoms with Gasteiger partial charge in [0.05, 0.1) is 7.11 Å². The van der Waals surface area contributed by atoms with Crippen molar-refractivity contribution in [2.45, 2.75) is 0 Å². The van der Waals surface area contributed by atoms with Gasteiger partial charge in [-0.15, -0.1) is 6.42 Å². The van der Waals surface area contributed by atoms with Gasteiger partial charge in [-0.1, -0.05) is 30.2 Å². The maximum absolute atomic E-state index is 5.42. The molecular formula is C17H12O. The molecule has 0 radical (unpaired) electrons. The van der Waals surface area contributed by atoms with Crippen LogP contribution in [0.5, 0.6) is 5.75 Å². The topological polar surface area (TPSA) is 9.23 Å². The van der Waals surface area contributed by atoms with Crippen molar-refractivity contribution in [1.29, 1.82) is 0 Å². The molecule has 3 aromatic carbocycles. The molecule has 86 valence electrons. The van der Waals surface area contributed by atoms with E-state index >= 15 is 0 Å². The molecule has 0 unspecified atom stereocenters. The highest BCUT2D eigenvalue weighted by molar-refractivity contribution is 6.08. The summed E-state index contributed by atoms with van der Waals surface area (Å²) in [6.07, 6.45) is 5.42. The van der Waals surface area contributed by atoms with E-state index in [1.807, 2.05) is 24.3 Å². The van der Waals surface area contributed by atoms with Crippen LogP contribution in [0.3, 0.4) is 0 Å². The SMILES string of the molecule is C#Cc1ccc2c(ccc3cc(OC)ccc32)c1. The van der Waals surface area contributed by atoms with Crippen LogP contribution in [0.15, 0.2) is 48.5 Å². The van der Waals surface area contributed by atoms with Gasteiger partial charge in [0.25, 0.3) is 0 Å². The molecule has 0 N–H and O–H groups in total. The van der Waals surface area contributed by atoms with Gasteiger partial charge in [-0.3, -0.25) is 0 Å². The molecule has 0 bridgehead atoms. The molecule has 1 nitrogen and oxygen atoms in total. The maximum atomic E-state index is 5.42. The summed E-state index contributed by atoms with van der Waals surface area (Å²) in [4.78, 5) is 0. The molecule has 0 fully saturated rings. The first-order valence-corrected chi connectivity index (χ1v) is 5.79. The van der Waals surface area contributed by atoms with E-state index in [0.717, 1.165) is 11.3 Å². The Hall–Kier alpha value is -2.46. The normalized spacial score (nSPS) is 10.4. The van der Waals surface area contributed by atoms with Crippen molar-refractivity contribution in [2.75, 3.05) is 7.11 Å². The fourth-order valence-electron chi connectivity index (χ4n) is 2.27. The predicted molar refractivity (Wildman–Crippen MR) is 75.9 cm³/mol. The molecule has 1 heteroatoms. The third-order valence-electron chi connectivity index (χ3n) is 3.21. The van der Waals surface area contributed by atoms with Gasteiger partial charge in [0.1, 0.15) is 5.75 Å². The Kier molecular flexibility index (Phi) is 2.42. The molecule has 18 heavy (non-hydrogen) atoms. The number of ether oxygens (including phenoxy) is 1. The molecule has 0 saturated carbocycles. The largest absolute Gasteiger partial charge is 0.497 e. The van der Waals surface area contributed by atoms with Crippen LogP contribution in [-0.2, 0) is 0 Å². The van der Waals surface area contributed by atoms with Gasteiger partial charge < -0.3 is 4.74 Å². The van der Waals surface area contributed by atoms with E-state index in [4.69, 9.17) is 11.2 Å². The van der Waals surface area contributed by atoms with Crippen LogP contribution in [0.2, 0.25) is 0 Å². The summed E-state index contributed by atoms with van der Waals surface area (Å²) in [6, 6.07) is 16.4. The van der Waals surface area contributed by atoms with E-state index in [1.165, 1.54) is 21.5 Å². The molecule has 0 aliphatic rings. The van der Waals surface area contributed by atoms with Gasteiger partial charge in [0.2, 0.25) is 0 Å². The second-order valence-corrected chi connectivity index (χ2v) is 4.23. The second-order valence-electron chi connectivity index (χ2n) is 4.23. The summed E-state index contributed by atoms with van der Waals surface area (Å²) in [5.41, 5.74) is 0.912. The zero-order chi connectivity index (χ0) is 12.5. The van der Waals surface area contributed by atoms with Crippen LogP contribution in [0.4, 0.5) is 0 Å². The van der Waals surface area contributed by atoms with Gasteiger partial charge in [-0.2, -0.15) is 0 Å². The summed E-state index contributed by atoms with van der Waals surface area (Å²) < 4.78 is 5.24. The Balaban J connectivity index is 2.37. The van der Waals surface area contributed by atoms with Crippen LogP contribution in [0, 0.1) is 12.3 Å². The number of benzene rings is 3. The number of methoxy groups -OCH3 is 1. The van der Waals surface area contributed by atoms with Gasteiger partial charge in [-0.25, -0.2) is 0 Å². The Labute approximate surface area is 106 Å². The van der Waals surface area contributed by atoms with Crippen molar-refractivity contribution in [3.05, 3.63) is 54.1 Å². The third kappa shape index (κ3) is 1.59. The average Bonchev–Trinajstić information content (AvgIpc) is 2.45. The second kappa shape index (κ2) is 4.09. The number of rotatable bonds is 1. The van der Waals surface area contributed by atoms with Crippen molar-refractivity contribution in [3.8, 4) is 18.1 Å². The quantitative estimate of drug-likeness (QED) is 0.455. The van der Waals surface area contributed by atoms with Crippen LogP contribution in [0.1, 0.15) is 5.56 Å². The molecule has 0 saturated heterocycles. The van der Waals surface area contributed by atoms with Crippen LogP contribution >= 0.6 is 0 Å². The van der Waals surface area contributed by atoms with E-state index < -0.39 is 0 Å². The van der Waals surface area contributed by atoms with E-state index in [-0.39, 0.29) is 0 Å². The van der Waals surface area contributed by atoms with Gasteiger partial charge in [-0.05, 0) is 45.8 Å². The summed E-state index contributed by atoms with van der Waals surface area (Å²) in [7, 11) is 1.68. The van der Waals surface area contributed by atoms with Crippen LogP contribution in [0.25, 0.3) is 21.5 Å². The fourth-order valence-corrected chi connectivity index (χ4v) is 2.27. The molecule has 3 rings (SSSR count). The van der Waals surface area contributed by atoms with Gasteiger partial charge >= 0.3 is 0 Å². The van der Waals surface area contributed by atoms with Crippen LogP contribution in [-0.4, -0.2) is 7.11 Å². The Morgan fingerprint density at radius 2 is 1.56 bits per heavy atom. The maximum Gasteiger partial charge on any atom is 0.119 e. The highest BCUT2D eigenvalue weighted by atomic mass is 16.5. The first-order chi connectivity index (χ1) is 8.81. The van der Waals surface area contributed by atoms with Gasteiger partial charge in [0, 0.05) is 5.56 Å². The minimum atomic E-state index is 0.877. The molecule has 0 amide bonds. The Morgan fingerprint density at radius 3 is 2.22 bits per heavy atom. The number of hydrogen-bond donors (Lipinski definition) is 0. The fraction of sp³-hybridized carbons (Fsp3) is 0.0588. The lowest BCUT2D eigenvalue weighted by molar-refractivity contribution is 0.415. The zero-order valence-electron chi connectivity index (χ0n) is 10.1. The number of fused-ring (bicyclic) bond motifs is 3. The third-order valence-corrected chi connectivity index (χ3v) is 3.21. The van der Waals surface area contributed by atoms with E-state index in [2.05, 4.69) is 30.2 Å². The summed E-state index contributed by atoms with van der Waals surface area (Å²) in [6.45, 7) is 0. The predicted octanol–water partition coefficient (Wildman–Crippen LogP) is 3.98. The summed E-state index contributed by atoms with van der Waals surface area (Å²) in [5, 5.41) is 4.78. The lowest BCUT2D eigenvalue weighted by Crippen LogP contribution is -1.84. The zero-order valence-corrected chi connectivity index (χ0v) is 10.1. The minimum Gasteiger partial charge on any atom is -0.497 e.